The molecule has 0 aromatic carbocycles. The highest BCUT2D eigenvalue weighted by atomic mass is 16.3. The molecule has 1 fully saturated rings. The molecule has 1 aliphatic carbocycles. The van der Waals surface area contributed by atoms with Gasteiger partial charge in [0, 0.05) is 20.6 Å². The van der Waals surface area contributed by atoms with Crippen LogP contribution in [0.25, 0.3) is 0 Å². The van der Waals surface area contributed by atoms with E-state index in [0.717, 1.165) is 12.8 Å². The first-order chi connectivity index (χ1) is 6.93. The summed E-state index contributed by atoms with van der Waals surface area (Å²) in [5.41, 5.74) is 0. The van der Waals surface area contributed by atoms with E-state index in [-0.39, 0.29) is 18.1 Å². The first kappa shape index (κ1) is 12.5. The molecule has 1 amide bonds. The molecular weight excluding hydrogens is 192 g/mol. The number of amides is 1. The first-order valence-electron chi connectivity index (χ1n) is 5.53. The smallest absolute Gasteiger partial charge is 0.239 e. The number of rotatable bonds is 5. The summed E-state index contributed by atoms with van der Waals surface area (Å²) in [7, 11) is 5.39. The van der Waals surface area contributed by atoms with Gasteiger partial charge in [-0.25, -0.2) is 0 Å². The lowest BCUT2D eigenvalue weighted by Crippen LogP contribution is -2.45. The van der Waals surface area contributed by atoms with Crippen LogP contribution in [0.1, 0.15) is 19.8 Å². The molecule has 4 nitrogen and oxygen atoms in total. The molecule has 2 unspecified atom stereocenters. The van der Waals surface area contributed by atoms with Crippen molar-refractivity contribution in [2.24, 2.45) is 5.92 Å². The second-order valence-corrected chi connectivity index (χ2v) is 4.75. The molecule has 1 aliphatic rings. The predicted molar refractivity (Wildman–Crippen MR) is 59.5 cm³/mol. The Balaban J connectivity index is 2.37. The Labute approximate surface area is 91.9 Å². The van der Waals surface area contributed by atoms with Gasteiger partial charge in [-0.05, 0) is 32.7 Å². The van der Waals surface area contributed by atoms with Crippen LogP contribution in [0.3, 0.4) is 0 Å². The number of hydrogen-bond acceptors (Lipinski definition) is 3. The molecule has 0 aromatic heterocycles. The summed E-state index contributed by atoms with van der Waals surface area (Å²) in [5.74, 6) is 0.551. The van der Waals surface area contributed by atoms with E-state index in [9.17, 15) is 9.90 Å². The SMILES string of the molecule is CC(C(=O)N(C)C)N(C)CC(O)C1CC1. The lowest BCUT2D eigenvalue weighted by atomic mass is 10.2. The second kappa shape index (κ2) is 4.94. The van der Waals surface area contributed by atoms with Gasteiger partial charge >= 0.3 is 0 Å². The van der Waals surface area contributed by atoms with Crippen LogP contribution < -0.4 is 0 Å². The quantitative estimate of drug-likeness (QED) is 0.709. The minimum atomic E-state index is -0.271. The third kappa shape index (κ3) is 3.47. The van der Waals surface area contributed by atoms with Crippen LogP contribution in [0.4, 0.5) is 0 Å². The van der Waals surface area contributed by atoms with Crippen molar-refractivity contribution in [1.29, 1.82) is 0 Å². The van der Waals surface area contributed by atoms with E-state index in [1.807, 2.05) is 18.9 Å². The van der Waals surface area contributed by atoms with Crippen LogP contribution in [0.2, 0.25) is 0 Å². The van der Waals surface area contributed by atoms with Crippen molar-refractivity contribution in [2.75, 3.05) is 27.7 Å². The summed E-state index contributed by atoms with van der Waals surface area (Å²) < 4.78 is 0. The van der Waals surface area contributed by atoms with Crippen LogP contribution in [0.5, 0.6) is 0 Å². The molecule has 2 atom stereocenters. The van der Waals surface area contributed by atoms with E-state index >= 15 is 0 Å². The second-order valence-electron chi connectivity index (χ2n) is 4.75. The molecule has 4 heteroatoms. The highest BCUT2D eigenvalue weighted by Gasteiger charge is 2.32. The molecule has 88 valence electrons. The third-order valence-electron chi connectivity index (χ3n) is 3.10. The van der Waals surface area contributed by atoms with E-state index < -0.39 is 0 Å². The van der Waals surface area contributed by atoms with Gasteiger partial charge in [-0.3, -0.25) is 9.69 Å². The lowest BCUT2D eigenvalue weighted by Gasteiger charge is -2.28. The zero-order valence-electron chi connectivity index (χ0n) is 10.1. The van der Waals surface area contributed by atoms with Crippen molar-refractivity contribution < 1.29 is 9.90 Å². The van der Waals surface area contributed by atoms with Crippen LogP contribution in [-0.2, 0) is 4.79 Å². The maximum Gasteiger partial charge on any atom is 0.239 e. The maximum absolute atomic E-state index is 11.7. The van der Waals surface area contributed by atoms with Crippen molar-refractivity contribution in [3.8, 4) is 0 Å². The van der Waals surface area contributed by atoms with Crippen molar-refractivity contribution in [3.63, 3.8) is 0 Å². The monoisotopic (exact) mass is 214 g/mol. The topological polar surface area (TPSA) is 43.8 Å². The Bertz CT molecular complexity index is 227. The van der Waals surface area contributed by atoms with Gasteiger partial charge in [0.2, 0.25) is 5.91 Å². The van der Waals surface area contributed by atoms with E-state index in [0.29, 0.717) is 12.5 Å². The van der Waals surface area contributed by atoms with Crippen LogP contribution in [-0.4, -0.2) is 60.6 Å². The molecule has 0 bridgehead atoms. The number of likely N-dealkylation sites (N-methyl/N-ethyl adjacent to an activating group) is 2. The molecule has 0 saturated heterocycles. The highest BCUT2D eigenvalue weighted by molar-refractivity contribution is 5.80. The van der Waals surface area contributed by atoms with E-state index in [1.165, 1.54) is 0 Å². The normalized spacial score (nSPS) is 20.1. The van der Waals surface area contributed by atoms with Gasteiger partial charge in [0.05, 0.1) is 12.1 Å². The molecular formula is C11H22N2O2. The Morgan fingerprint density at radius 2 is 1.93 bits per heavy atom. The lowest BCUT2D eigenvalue weighted by molar-refractivity contribution is -0.133. The van der Waals surface area contributed by atoms with Crippen LogP contribution in [0.15, 0.2) is 0 Å². The third-order valence-corrected chi connectivity index (χ3v) is 3.10. The summed E-state index contributed by atoms with van der Waals surface area (Å²) in [6.07, 6.45) is 1.99. The first-order valence-corrected chi connectivity index (χ1v) is 5.53. The van der Waals surface area contributed by atoms with Crippen LogP contribution in [0, 0.1) is 5.92 Å². The summed E-state index contributed by atoms with van der Waals surface area (Å²) >= 11 is 0. The minimum Gasteiger partial charge on any atom is -0.392 e. The Kier molecular flexibility index (Phi) is 4.11. The fraction of sp³-hybridized carbons (Fsp3) is 0.909. The fourth-order valence-corrected chi connectivity index (χ4v) is 1.65. The Morgan fingerprint density at radius 1 is 1.40 bits per heavy atom. The number of carbonyl (C=O) groups excluding carboxylic acids is 1. The van der Waals surface area contributed by atoms with Gasteiger partial charge in [-0.15, -0.1) is 0 Å². The van der Waals surface area contributed by atoms with Crippen LogP contribution >= 0.6 is 0 Å². The van der Waals surface area contributed by atoms with Gasteiger partial charge < -0.3 is 10.0 Å². The standard InChI is InChI=1S/C11H22N2O2/c1-8(11(15)12(2)3)13(4)7-10(14)9-5-6-9/h8-10,14H,5-7H2,1-4H3. The molecule has 1 rings (SSSR count). The van der Waals surface area contributed by atoms with Crippen molar-refractivity contribution in [3.05, 3.63) is 0 Å². The average Bonchev–Trinajstić information content (AvgIpc) is 2.98. The number of hydrogen-bond donors (Lipinski definition) is 1. The van der Waals surface area contributed by atoms with Gasteiger partial charge in [-0.2, -0.15) is 0 Å². The number of carbonyl (C=O) groups is 1. The minimum absolute atomic E-state index is 0.0838. The van der Waals surface area contributed by atoms with Crippen molar-refractivity contribution >= 4 is 5.91 Å². The van der Waals surface area contributed by atoms with Gasteiger partial charge in [0.25, 0.3) is 0 Å². The Hall–Kier alpha value is -0.610. The van der Waals surface area contributed by atoms with Crippen molar-refractivity contribution in [1.82, 2.24) is 9.80 Å². The van der Waals surface area contributed by atoms with Gasteiger partial charge in [0.15, 0.2) is 0 Å². The fourth-order valence-electron chi connectivity index (χ4n) is 1.65. The summed E-state index contributed by atoms with van der Waals surface area (Å²) in [5, 5.41) is 9.76. The molecule has 15 heavy (non-hydrogen) atoms. The highest BCUT2D eigenvalue weighted by Crippen LogP contribution is 2.32. The zero-order valence-corrected chi connectivity index (χ0v) is 10.1. The summed E-state index contributed by atoms with van der Waals surface area (Å²) in [4.78, 5) is 15.2. The molecule has 0 aromatic rings. The van der Waals surface area contributed by atoms with E-state index in [4.69, 9.17) is 0 Å². The largest absolute Gasteiger partial charge is 0.392 e. The van der Waals surface area contributed by atoms with E-state index in [2.05, 4.69) is 0 Å². The maximum atomic E-state index is 11.7. The average molecular weight is 214 g/mol. The summed E-state index contributed by atoms with van der Waals surface area (Å²) in [6, 6.07) is -0.159. The number of aliphatic hydroxyl groups excluding tert-OH is 1. The molecule has 0 radical (unpaired) electrons. The Morgan fingerprint density at radius 3 is 2.33 bits per heavy atom. The number of aliphatic hydroxyl groups is 1. The van der Waals surface area contributed by atoms with Gasteiger partial charge in [0.1, 0.15) is 0 Å². The summed E-state index contributed by atoms with van der Waals surface area (Å²) in [6.45, 7) is 2.47. The molecule has 0 aliphatic heterocycles. The predicted octanol–water partition coefficient (Wildman–Crippen LogP) is 0.166. The molecule has 1 N–H and O–H groups in total. The zero-order chi connectivity index (χ0) is 11.6. The van der Waals surface area contributed by atoms with E-state index in [1.54, 1.807) is 19.0 Å². The molecule has 0 heterocycles. The number of nitrogens with zero attached hydrogens (tertiary/aromatic N) is 2. The molecule has 0 spiro atoms. The van der Waals surface area contributed by atoms with Gasteiger partial charge in [-0.1, -0.05) is 0 Å². The van der Waals surface area contributed by atoms with Crippen molar-refractivity contribution in [2.45, 2.75) is 31.9 Å². The molecule has 1 saturated carbocycles.